The first-order chi connectivity index (χ1) is 11.5. The van der Waals surface area contributed by atoms with Crippen LogP contribution in [-0.4, -0.2) is 27.6 Å². The lowest BCUT2D eigenvalue weighted by molar-refractivity contribution is -0.139. The van der Waals surface area contributed by atoms with Gasteiger partial charge in [-0.1, -0.05) is 6.92 Å². The first-order valence-electron chi connectivity index (χ1n) is 7.73. The number of pyridine rings is 1. The first-order valence-corrected chi connectivity index (χ1v) is 7.73. The van der Waals surface area contributed by atoms with Crippen molar-refractivity contribution in [3.05, 3.63) is 53.5 Å². The molecule has 0 fully saturated rings. The Morgan fingerprint density at radius 3 is 2.88 bits per heavy atom. The summed E-state index contributed by atoms with van der Waals surface area (Å²) >= 11 is 0. The zero-order valence-corrected chi connectivity index (χ0v) is 13.8. The van der Waals surface area contributed by atoms with Crippen molar-refractivity contribution in [2.75, 3.05) is 7.11 Å². The number of fused-ring (bicyclic) bond motifs is 1. The molecule has 1 aromatic carbocycles. The van der Waals surface area contributed by atoms with E-state index in [2.05, 4.69) is 9.97 Å². The molecule has 5 nitrogen and oxygen atoms in total. The maximum atomic E-state index is 13.9. The SMILES string of the molecule is CCc1nccn1-c1c(CC(=O)OC)c(C)nc2ccc(F)cc12. The number of aromatic nitrogens is 3. The Bertz CT molecular complexity index is 918. The largest absolute Gasteiger partial charge is 0.469 e. The number of methoxy groups -OCH3 is 1. The van der Waals surface area contributed by atoms with Crippen LogP contribution in [0.5, 0.6) is 0 Å². The van der Waals surface area contributed by atoms with Crippen LogP contribution in [0.3, 0.4) is 0 Å². The van der Waals surface area contributed by atoms with Crippen LogP contribution in [0.15, 0.2) is 30.6 Å². The van der Waals surface area contributed by atoms with Crippen LogP contribution in [-0.2, 0) is 22.4 Å². The molecule has 24 heavy (non-hydrogen) atoms. The van der Waals surface area contributed by atoms with E-state index < -0.39 is 0 Å². The third-order valence-corrected chi connectivity index (χ3v) is 4.05. The second kappa shape index (κ2) is 6.39. The fourth-order valence-electron chi connectivity index (χ4n) is 2.88. The molecule has 124 valence electrons. The van der Waals surface area contributed by atoms with Crippen LogP contribution >= 0.6 is 0 Å². The summed E-state index contributed by atoms with van der Waals surface area (Å²) in [6.07, 6.45) is 4.29. The highest BCUT2D eigenvalue weighted by atomic mass is 19.1. The van der Waals surface area contributed by atoms with E-state index in [1.807, 2.05) is 24.6 Å². The van der Waals surface area contributed by atoms with Gasteiger partial charge in [0.15, 0.2) is 0 Å². The number of esters is 1. The van der Waals surface area contributed by atoms with Crippen LogP contribution in [0.2, 0.25) is 0 Å². The number of benzene rings is 1. The van der Waals surface area contributed by atoms with Gasteiger partial charge in [-0.15, -0.1) is 0 Å². The van der Waals surface area contributed by atoms with Gasteiger partial charge >= 0.3 is 5.97 Å². The third kappa shape index (κ3) is 2.75. The van der Waals surface area contributed by atoms with Crippen molar-refractivity contribution in [3.63, 3.8) is 0 Å². The van der Waals surface area contributed by atoms with Crippen molar-refractivity contribution in [3.8, 4) is 5.69 Å². The predicted octanol–water partition coefficient (Wildman–Crippen LogP) is 3.15. The Balaban J connectivity index is 2.38. The quantitative estimate of drug-likeness (QED) is 0.691. The monoisotopic (exact) mass is 327 g/mol. The standard InChI is InChI=1S/C18H18FN3O2/c1-4-16-20-7-8-22(16)18-13(10-17(23)24-3)11(2)21-15-6-5-12(19)9-14(15)18/h5-9H,4,10H2,1-3H3. The normalized spacial score (nSPS) is 11.0. The Morgan fingerprint density at radius 2 is 2.17 bits per heavy atom. The van der Waals surface area contributed by atoms with Gasteiger partial charge in [0.2, 0.25) is 0 Å². The molecule has 2 heterocycles. The molecular weight excluding hydrogens is 309 g/mol. The molecule has 3 rings (SSSR count). The molecule has 2 aromatic heterocycles. The third-order valence-electron chi connectivity index (χ3n) is 4.05. The number of rotatable bonds is 4. The van der Waals surface area contributed by atoms with Crippen molar-refractivity contribution in [2.45, 2.75) is 26.7 Å². The minimum Gasteiger partial charge on any atom is -0.469 e. The zero-order valence-electron chi connectivity index (χ0n) is 13.8. The van der Waals surface area contributed by atoms with Gasteiger partial charge in [0.1, 0.15) is 11.6 Å². The molecule has 0 saturated heterocycles. The molecule has 0 unspecified atom stereocenters. The summed E-state index contributed by atoms with van der Waals surface area (Å²) in [6, 6.07) is 4.47. The van der Waals surface area contributed by atoms with Crippen LogP contribution in [0.1, 0.15) is 24.0 Å². The van der Waals surface area contributed by atoms with Crippen molar-refractivity contribution in [1.82, 2.24) is 14.5 Å². The lowest BCUT2D eigenvalue weighted by Gasteiger charge is -2.17. The average molecular weight is 327 g/mol. The number of imidazole rings is 1. The fourth-order valence-corrected chi connectivity index (χ4v) is 2.88. The number of nitrogens with zero attached hydrogens (tertiary/aromatic N) is 3. The molecule has 0 aliphatic heterocycles. The molecule has 3 aromatic rings. The summed E-state index contributed by atoms with van der Waals surface area (Å²) in [5, 5.41) is 0.646. The number of aryl methyl sites for hydroxylation is 2. The second-order valence-corrected chi connectivity index (χ2v) is 5.51. The number of carbonyl (C=O) groups is 1. The number of hydrogen-bond acceptors (Lipinski definition) is 4. The average Bonchev–Trinajstić information content (AvgIpc) is 3.04. The summed E-state index contributed by atoms with van der Waals surface area (Å²) < 4.78 is 20.6. The van der Waals surface area contributed by atoms with E-state index in [1.165, 1.54) is 19.2 Å². The van der Waals surface area contributed by atoms with Gasteiger partial charge < -0.3 is 9.30 Å². The molecule has 0 saturated carbocycles. The molecule has 0 bridgehead atoms. The summed E-state index contributed by atoms with van der Waals surface area (Å²) in [7, 11) is 1.35. The summed E-state index contributed by atoms with van der Waals surface area (Å²) in [5.41, 5.74) is 2.84. The van der Waals surface area contributed by atoms with E-state index in [0.29, 0.717) is 28.6 Å². The maximum absolute atomic E-state index is 13.9. The van der Waals surface area contributed by atoms with Gasteiger partial charge in [-0.2, -0.15) is 0 Å². The zero-order chi connectivity index (χ0) is 17.3. The van der Waals surface area contributed by atoms with Gasteiger partial charge in [-0.25, -0.2) is 9.37 Å². The van der Waals surface area contributed by atoms with E-state index in [9.17, 15) is 9.18 Å². The molecule has 6 heteroatoms. The maximum Gasteiger partial charge on any atom is 0.310 e. The van der Waals surface area contributed by atoms with E-state index in [4.69, 9.17) is 4.74 Å². The molecular formula is C18H18FN3O2. The Labute approximate surface area is 139 Å². The lowest BCUT2D eigenvalue weighted by Crippen LogP contribution is -2.13. The Kier molecular flexibility index (Phi) is 4.29. The van der Waals surface area contributed by atoms with Gasteiger partial charge in [-0.05, 0) is 25.1 Å². The number of hydrogen-bond donors (Lipinski definition) is 0. The molecule has 0 amide bonds. The smallest absolute Gasteiger partial charge is 0.310 e. The van der Waals surface area contributed by atoms with E-state index in [0.717, 1.165) is 11.5 Å². The van der Waals surface area contributed by atoms with Crippen LogP contribution in [0, 0.1) is 12.7 Å². The Hall–Kier alpha value is -2.76. The summed E-state index contributed by atoms with van der Waals surface area (Å²) in [6.45, 7) is 3.84. The van der Waals surface area contributed by atoms with Crippen molar-refractivity contribution < 1.29 is 13.9 Å². The van der Waals surface area contributed by atoms with Crippen molar-refractivity contribution in [2.24, 2.45) is 0 Å². The van der Waals surface area contributed by atoms with Gasteiger partial charge in [0.25, 0.3) is 0 Å². The molecule has 0 aliphatic rings. The minimum atomic E-state index is -0.366. The predicted molar refractivity (Wildman–Crippen MR) is 88.7 cm³/mol. The van der Waals surface area contributed by atoms with Crippen LogP contribution < -0.4 is 0 Å². The number of carbonyl (C=O) groups excluding carboxylic acids is 1. The number of ether oxygens (including phenoxy) is 1. The fraction of sp³-hybridized carbons (Fsp3) is 0.278. The minimum absolute atomic E-state index is 0.0679. The van der Waals surface area contributed by atoms with Crippen LogP contribution in [0.25, 0.3) is 16.6 Å². The Morgan fingerprint density at radius 1 is 1.38 bits per heavy atom. The van der Waals surface area contributed by atoms with Crippen molar-refractivity contribution >= 4 is 16.9 Å². The highest BCUT2D eigenvalue weighted by Gasteiger charge is 2.19. The topological polar surface area (TPSA) is 57.0 Å². The molecule has 0 atom stereocenters. The summed E-state index contributed by atoms with van der Waals surface area (Å²) in [5.74, 6) is 0.115. The van der Waals surface area contributed by atoms with Gasteiger partial charge in [-0.3, -0.25) is 9.78 Å². The first kappa shape index (κ1) is 16.1. The summed E-state index contributed by atoms with van der Waals surface area (Å²) in [4.78, 5) is 20.7. The highest BCUT2D eigenvalue weighted by Crippen LogP contribution is 2.29. The number of halogens is 1. The van der Waals surface area contributed by atoms with E-state index in [-0.39, 0.29) is 18.2 Å². The molecule has 0 radical (unpaired) electrons. The van der Waals surface area contributed by atoms with Gasteiger partial charge in [0.05, 0.1) is 24.7 Å². The highest BCUT2D eigenvalue weighted by molar-refractivity contribution is 5.91. The van der Waals surface area contributed by atoms with Crippen molar-refractivity contribution in [1.29, 1.82) is 0 Å². The molecule has 0 N–H and O–H groups in total. The van der Waals surface area contributed by atoms with E-state index >= 15 is 0 Å². The van der Waals surface area contributed by atoms with E-state index in [1.54, 1.807) is 12.3 Å². The molecule has 0 spiro atoms. The van der Waals surface area contributed by atoms with Gasteiger partial charge in [0, 0.05) is 35.5 Å². The molecule has 0 aliphatic carbocycles. The lowest BCUT2D eigenvalue weighted by atomic mass is 10.0. The van der Waals surface area contributed by atoms with Crippen LogP contribution in [0.4, 0.5) is 4.39 Å². The second-order valence-electron chi connectivity index (χ2n) is 5.51.